The van der Waals surface area contributed by atoms with Crippen molar-refractivity contribution >= 4 is 23.2 Å². The fourth-order valence-electron chi connectivity index (χ4n) is 2.37. The highest BCUT2D eigenvalue weighted by Gasteiger charge is 2.15. The topological polar surface area (TPSA) is 72.5 Å². The first-order valence-electron chi connectivity index (χ1n) is 8.52. The van der Waals surface area contributed by atoms with Crippen LogP contribution in [0.15, 0.2) is 48.5 Å². The molecule has 0 aliphatic carbocycles. The Bertz CT molecular complexity index is 796. The molecule has 0 fully saturated rings. The summed E-state index contributed by atoms with van der Waals surface area (Å²) in [7, 11) is 0. The first kappa shape index (κ1) is 19.4. The first-order chi connectivity index (χ1) is 12.3. The van der Waals surface area contributed by atoms with Crippen molar-refractivity contribution in [1.29, 1.82) is 0 Å². The molecule has 0 saturated heterocycles. The molecule has 2 rings (SSSR count). The zero-order valence-electron chi connectivity index (χ0n) is 15.2. The van der Waals surface area contributed by atoms with E-state index in [-0.39, 0.29) is 17.5 Å². The van der Waals surface area contributed by atoms with E-state index in [9.17, 15) is 14.4 Å². The molecule has 0 heterocycles. The van der Waals surface area contributed by atoms with Gasteiger partial charge in [0, 0.05) is 17.7 Å². The van der Waals surface area contributed by atoms with Crippen LogP contribution in [0.4, 0.5) is 5.69 Å². The predicted octanol–water partition coefficient (Wildman–Crippen LogP) is 3.82. The molecule has 0 spiro atoms. The second-order valence-electron chi connectivity index (χ2n) is 6.23. The van der Waals surface area contributed by atoms with Crippen molar-refractivity contribution in [2.24, 2.45) is 0 Å². The quantitative estimate of drug-likeness (QED) is 0.732. The molecule has 2 aromatic carbocycles. The lowest BCUT2D eigenvalue weighted by atomic mass is 10.1. The summed E-state index contributed by atoms with van der Waals surface area (Å²) in [6.07, 6.45) is 0.510. The van der Waals surface area contributed by atoms with Crippen molar-refractivity contribution in [3.8, 4) is 5.75 Å². The highest BCUT2D eigenvalue weighted by molar-refractivity contribution is 5.98. The van der Waals surface area contributed by atoms with Crippen molar-refractivity contribution in [3.63, 3.8) is 0 Å². The van der Waals surface area contributed by atoms with Crippen LogP contribution in [0.3, 0.4) is 0 Å². The Morgan fingerprint density at radius 3 is 2.35 bits per heavy atom. The SMILES string of the molecule is CC(=O)CCc1ccc(OC(C)C(=O)Nc2cccc(C(C)=O)c2)cc1. The summed E-state index contributed by atoms with van der Waals surface area (Å²) < 4.78 is 5.66. The van der Waals surface area contributed by atoms with Crippen molar-refractivity contribution in [3.05, 3.63) is 59.7 Å². The predicted molar refractivity (Wildman–Crippen MR) is 101 cm³/mol. The lowest BCUT2D eigenvalue weighted by molar-refractivity contribution is -0.122. The van der Waals surface area contributed by atoms with E-state index in [0.717, 1.165) is 5.56 Å². The zero-order chi connectivity index (χ0) is 19.1. The second kappa shape index (κ2) is 8.94. The molecule has 0 aliphatic rings. The number of Topliss-reactive ketones (excluding diaryl/α,β-unsaturated/α-hetero) is 2. The Balaban J connectivity index is 1.93. The van der Waals surface area contributed by atoms with Gasteiger partial charge in [-0.25, -0.2) is 0 Å². The van der Waals surface area contributed by atoms with Crippen LogP contribution in [0.25, 0.3) is 0 Å². The number of carbonyl (C=O) groups excluding carboxylic acids is 3. The highest BCUT2D eigenvalue weighted by atomic mass is 16.5. The number of ketones is 2. The Morgan fingerprint density at radius 2 is 1.73 bits per heavy atom. The number of hydrogen-bond donors (Lipinski definition) is 1. The summed E-state index contributed by atoms with van der Waals surface area (Å²) in [6.45, 7) is 4.71. The fourth-order valence-corrected chi connectivity index (χ4v) is 2.37. The maximum atomic E-state index is 12.3. The smallest absolute Gasteiger partial charge is 0.265 e. The minimum absolute atomic E-state index is 0.0599. The zero-order valence-corrected chi connectivity index (χ0v) is 15.2. The molecule has 26 heavy (non-hydrogen) atoms. The third-order valence-corrected chi connectivity index (χ3v) is 3.91. The molecule has 1 unspecified atom stereocenters. The van der Waals surface area contributed by atoms with Crippen molar-refractivity contribution in [2.45, 2.75) is 39.7 Å². The van der Waals surface area contributed by atoms with Gasteiger partial charge in [0.05, 0.1) is 0 Å². The number of nitrogens with one attached hydrogen (secondary N) is 1. The Labute approximate surface area is 153 Å². The molecule has 0 aromatic heterocycles. The molecular formula is C21H23NO4. The fraction of sp³-hybridized carbons (Fsp3) is 0.286. The summed E-state index contributed by atoms with van der Waals surface area (Å²) in [5.74, 6) is 0.378. The van der Waals surface area contributed by atoms with E-state index < -0.39 is 6.10 Å². The molecule has 0 radical (unpaired) electrons. The Morgan fingerprint density at radius 1 is 1.04 bits per heavy atom. The molecule has 5 heteroatoms. The third kappa shape index (κ3) is 5.84. The van der Waals surface area contributed by atoms with Gasteiger partial charge in [-0.1, -0.05) is 24.3 Å². The number of aryl methyl sites for hydroxylation is 1. The molecule has 1 atom stereocenters. The summed E-state index contributed by atoms with van der Waals surface area (Å²) in [6, 6.07) is 14.1. The standard InChI is InChI=1S/C21H23NO4/c1-14(23)7-8-17-9-11-20(12-10-17)26-16(3)21(25)22-19-6-4-5-18(13-19)15(2)24/h4-6,9-13,16H,7-8H2,1-3H3,(H,22,25). The number of anilines is 1. The van der Waals surface area contributed by atoms with Crippen LogP contribution in [0.5, 0.6) is 5.75 Å². The maximum absolute atomic E-state index is 12.3. The van der Waals surface area contributed by atoms with Gasteiger partial charge in [-0.05, 0) is 57.0 Å². The van der Waals surface area contributed by atoms with E-state index in [1.54, 1.807) is 50.2 Å². The first-order valence-corrected chi connectivity index (χ1v) is 8.52. The van der Waals surface area contributed by atoms with E-state index >= 15 is 0 Å². The van der Waals surface area contributed by atoms with E-state index in [1.807, 2.05) is 12.1 Å². The van der Waals surface area contributed by atoms with E-state index in [2.05, 4.69) is 5.32 Å². The van der Waals surface area contributed by atoms with Gasteiger partial charge in [-0.2, -0.15) is 0 Å². The molecule has 1 amide bonds. The number of hydrogen-bond acceptors (Lipinski definition) is 4. The summed E-state index contributed by atoms with van der Waals surface area (Å²) in [4.78, 5) is 34.7. The molecule has 2 aromatic rings. The van der Waals surface area contributed by atoms with Crippen LogP contribution in [0.1, 0.15) is 43.1 Å². The number of rotatable bonds is 8. The molecule has 0 saturated carbocycles. The molecule has 136 valence electrons. The van der Waals surface area contributed by atoms with Crippen molar-refractivity contribution in [1.82, 2.24) is 0 Å². The van der Waals surface area contributed by atoms with Gasteiger partial charge in [0.2, 0.25) is 0 Å². The summed E-state index contributed by atoms with van der Waals surface area (Å²) in [5.41, 5.74) is 2.14. The van der Waals surface area contributed by atoms with Crippen LogP contribution in [0.2, 0.25) is 0 Å². The van der Waals surface area contributed by atoms with Gasteiger partial charge in [-0.15, -0.1) is 0 Å². The van der Waals surface area contributed by atoms with Gasteiger partial charge < -0.3 is 14.8 Å². The van der Waals surface area contributed by atoms with Crippen LogP contribution in [0, 0.1) is 0 Å². The van der Waals surface area contributed by atoms with Gasteiger partial charge >= 0.3 is 0 Å². The van der Waals surface area contributed by atoms with Gasteiger partial charge in [0.1, 0.15) is 11.5 Å². The minimum atomic E-state index is -0.695. The van der Waals surface area contributed by atoms with E-state index in [1.165, 1.54) is 6.92 Å². The largest absolute Gasteiger partial charge is 0.481 e. The molecular weight excluding hydrogens is 330 g/mol. The lowest BCUT2D eigenvalue weighted by Gasteiger charge is -2.15. The lowest BCUT2D eigenvalue weighted by Crippen LogP contribution is -2.30. The van der Waals surface area contributed by atoms with E-state index in [0.29, 0.717) is 29.8 Å². The third-order valence-electron chi connectivity index (χ3n) is 3.91. The molecule has 0 bridgehead atoms. The number of carbonyl (C=O) groups is 3. The average Bonchev–Trinajstić information content (AvgIpc) is 2.61. The number of ether oxygens (including phenoxy) is 1. The monoisotopic (exact) mass is 353 g/mol. The van der Waals surface area contributed by atoms with Gasteiger partial charge in [0.25, 0.3) is 5.91 Å². The maximum Gasteiger partial charge on any atom is 0.265 e. The second-order valence-corrected chi connectivity index (χ2v) is 6.23. The Hall–Kier alpha value is -2.95. The Kier molecular flexibility index (Phi) is 6.67. The van der Waals surface area contributed by atoms with Crippen LogP contribution >= 0.6 is 0 Å². The summed E-state index contributed by atoms with van der Waals surface area (Å²) in [5, 5.41) is 2.75. The van der Waals surface area contributed by atoms with Crippen LogP contribution in [-0.4, -0.2) is 23.6 Å². The van der Waals surface area contributed by atoms with Crippen molar-refractivity contribution < 1.29 is 19.1 Å². The number of amides is 1. The normalized spacial score (nSPS) is 11.5. The van der Waals surface area contributed by atoms with E-state index in [4.69, 9.17) is 4.74 Å². The molecule has 5 nitrogen and oxygen atoms in total. The van der Waals surface area contributed by atoms with Crippen LogP contribution in [-0.2, 0) is 16.0 Å². The minimum Gasteiger partial charge on any atom is -0.481 e. The number of benzene rings is 2. The summed E-state index contributed by atoms with van der Waals surface area (Å²) >= 11 is 0. The van der Waals surface area contributed by atoms with Crippen molar-refractivity contribution in [2.75, 3.05) is 5.32 Å². The molecule has 1 N–H and O–H groups in total. The van der Waals surface area contributed by atoms with Gasteiger partial charge in [-0.3, -0.25) is 9.59 Å². The average molecular weight is 353 g/mol. The molecule has 0 aliphatic heterocycles. The highest BCUT2D eigenvalue weighted by Crippen LogP contribution is 2.17. The van der Waals surface area contributed by atoms with Gasteiger partial charge in [0.15, 0.2) is 11.9 Å². The van der Waals surface area contributed by atoms with Crippen LogP contribution < -0.4 is 10.1 Å².